The highest BCUT2D eigenvalue weighted by Gasteiger charge is 2.33. The number of fused-ring (bicyclic) bond motifs is 2. The van der Waals surface area contributed by atoms with Gasteiger partial charge in [0.2, 0.25) is 5.91 Å². The molecule has 2 aromatic rings. The number of nitrogens with one attached hydrogen (secondary N) is 1. The average molecular weight is 484 g/mol. The molecule has 0 radical (unpaired) electrons. The Morgan fingerprint density at radius 1 is 1.32 bits per heavy atom. The van der Waals surface area contributed by atoms with Gasteiger partial charge in [-0.3, -0.25) is 14.6 Å². The van der Waals surface area contributed by atoms with E-state index in [1.807, 2.05) is 6.08 Å². The van der Waals surface area contributed by atoms with Crippen LogP contribution in [0, 0.1) is 12.7 Å². The second-order valence-electron chi connectivity index (χ2n) is 8.52. The molecule has 3 aliphatic heterocycles. The van der Waals surface area contributed by atoms with Gasteiger partial charge in [-0.25, -0.2) is 9.18 Å². The van der Waals surface area contributed by atoms with E-state index in [1.165, 1.54) is 29.3 Å². The number of cyclic esters (lactones) is 1. The van der Waals surface area contributed by atoms with E-state index in [-0.39, 0.29) is 36.2 Å². The molecule has 0 spiro atoms. The summed E-state index contributed by atoms with van der Waals surface area (Å²) in [6, 6.07) is 2.59. The first kappa shape index (κ1) is 22.5. The van der Waals surface area contributed by atoms with Gasteiger partial charge < -0.3 is 19.7 Å². The van der Waals surface area contributed by atoms with Gasteiger partial charge >= 0.3 is 5.97 Å². The number of ether oxygens (including phenoxy) is 1. The lowest BCUT2D eigenvalue weighted by atomic mass is 9.94. The minimum absolute atomic E-state index is 0.156. The van der Waals surface area contributed by atoms with Crippen LogP contribution in [0.4, 0.5) is 10.1 Å². The summed E-state index contributed by atoms with van der Waals surface area (Å²) in [6.45, 7) is 4.78. The van der Waals surface area contributed by atoms with Crippen molar-refractivity contribution < 1.29 is 23.8 Å². The molecule has 4 heterocycles. The van der Waals surface area contributed by atoms with E-state index in [0.29, 0.717) is 28.4 Å². The van der Waals surface area contributed by atoms with Crippen molar-refractivity contribution in [2.45, 2.75) is 51.0 Å². The minimum Gasteiger partial charge on any atom is -0.458 e. The number of aliphatic hydroxyl groups excluding tert-OH is 1. The maximum absolute atomic E-state index is 14.8. The summed E-state index contributed by atoms with van der Waals surface area (Å²) in [5.74, 6) is -0.892. The third-order valence-electron chi connectivity index (χ3n) is 6.35. The number of aliphatic hydroxyl groups is 1. The van der Waals surface area contributed by atoms with E-state index in [0.717, 1.165) is 16.0 Å². The van der Waals surface area contributed by atoms with E-state index in [1.54, 1.807) is 19.9 Å². The van der Waals surface area contributed by atoms with Crippen LogP contribution in [0.1, 0.15) is 47.9 Å². The summed E-state index contributed by atoms with van der Waals surface area (Å²) in [5.41, 5.74) is 3.23. The number of allylic oxidation sites excluding steroid dienone is 1. The van der Waals surface area contributed by atoms with Crippen molar-refractivity contribution in [1.82, 2.24) is 9.88 Å². The number of carbonyl (C=O) groups is 2. The molecule has 1 aromatic carbocycles. The number of nitrogens with zero attached hydrogens (tertiary/aromatic N) is 2. The highest BCUT2D eigenvalue weighted by molar-refractivity contribution is 7.99. The predicted octanol–water partition coefficient (Wildman–Crippen LogP) is 2.53. The van der Waals surface area contributed by atoms with E-state index in [4.69, 9.17) is 9.73 Å². The monoisotopic (exact) mass is 483 g/mol. The molecule has 0 saturated carbocycles. The SMILES string of the molecule is CC(=O)NC1CSc2c(C)c(F)cc3c2/C1=C/Cn1c(cc2c(c1=O)COC(=O)C2O)C(C)=N3. The van der Waals surface area contributed by atoms with Crippen LogP contribution in [-0.4, -0.2) is 39.1 Å². The Balaban J connectivity index is 1.80. The van der Waals surface area contributed by atoms with Crippen LogP contribution in [0.15, 0.2) is 32.9 Å². The third kappa shape index (κ3) is 3.48. The Morgan fingerprint density at radius 2 is 2.09 bits per heavy atom. The molecule has 34 heavy (non-hydrogen) atoms. The molecule has 0 saturated heterocycles. The second-order valence-corrected chi connectivity index (χ2v) is 9.55. The second kappa shape index (κ2) is 8.21. The lowest BCUT2D eigenvalue weighted by Gasteiger charge is -2.30. The van der Waals surface area contributed by atoms with Crippen LogP contribution in [0.25, 0.3) is 5.57 Å². The molecule has 0 bridgehead atoms. The summed E-state index contributed by atoms with van der Waals surface area (Å²) in [4.78, 5) is 42.6. The topological polar surface area (TPSA) is 110 Å². The van der Waals surface area contributed by atoms with Gasteiger partial charge in [-0.1, -0.05) is 6.08 Å². The van der Waals surface area contributed by atoms with Crippen LogP contribution in [0.2, 0.25) is 0 Å². The van der Waals surface area contributed by atoms with E-state index >= 15 is 0 Å². The molecule has 176 valence electrons. The fourth-order valence-electron chi connectivity index (χ4n) is 4.66. The minimum atomic E-state index is -1.56. The van der Waals surface area contributed by atoms with Crippen molar-refractivity contribution in [2.75, 3.05) is 5.75 Å². The van der Waals surface area contributed by atoms with Crippen LogP contribution < -0.4 is 10.9 Å². The fourth-order valence-corrected chi connectivity index (χ4v) is 5.93. The highest BCUT2D eigenvalue weighted by atomic mass is 32.2. The summed E-state index contributed by atoms with van der Waals surface area (Å²) in [7, 11) is 0. The van der Waals surface area contributed by atoms with Gasteiger partial charge in [0, 0.05) is 41.3 Å². The van der Waals surface area contributed by atoms with Gasteiger partial charge in [-0.2, -0.15) is 0 Å². The zero-order valence-electron chi connectivity index (χ0n) is 18.8. The van der Waals surface area contributed by atoms with Crippen LogP contribution in [0.5, 0.6) is 0 Å². The van der Waals surface area contributed by atoms with Gasteiger partial charge in [0.15, 0.2) is 6.10 Å². The van der Waals surface area contributed by atoms with Crippen LogP contribution in [-0.2, 0) is 27.5 Å². The van der Waals surface area contributed by atoms with Crippen molar-refractivity contribution in [3.63, 3.8) is 0 Å². The molecule has 2 unspecified atom stereocenters. The third-order valence-corrected chi connectivity index (χ3v) is 7.64. The lowest BCUT2D eigenvalue weighted by Crippen LogP contribution is -2.38. The van der Waals surface area contributed by atoms with E-state index in [9.17, 15) is 23.9 Å². The maximum Gasteiger partial charge on any atom is 0.340 e. The smallest absolute Gasteiger partial charge is 0.340 e. The first-order valence-electron chi connectivity index (χ1n) is 10.8. The molecular weight excluding hydrogens is 461 g/mol. The molecule has 8 nitrogen and oxygen atoms in total. The Hall–Kier alpha value is -3.24. The first-order valence-corrected chi connectivity index (χ1v) is 11.8. The molecule has 1 aromatic heterocycles. The number of benzene rings is 1. The molecule has 0 fully saturated rings. The Morgan fingerprint density at radius 3 is 2.82 bits per heavy atom. The number of halogens is 1. The van der Waals surface area contributed by atoms with Gasteiger partial charge in [0.05, 0.1) is 28.7 Å². The molecule has 10 heteroatoms. The predicted molar refractivity (Wildman–Crippen MR) is 125 cm³/mol. The zero-order valence-corrected chi connectivity index (χ0v) is 19.6. The number of thioether (sulfide) groups is 1. The fraction of sp³-hybridized carbons (Fsp3) is 0.333. The van der Waals surface area contributed by atoms with Crippen LogP contribution >= 0.6 is 11.8 Å². The largest absolute Gasteiger partial charge is 0.458 e. The van der Waals surface area contributed by atoms with Crippen molar-refractivity contribution in [3.8, 4) is 0 Å². The zero-order chi connectivity index (χ0) is 24.3. The Bertz CT molecular complexity index is 1390. The van der Waals surface area contributed by atoms with Crippen LogP contribution in [0.3, 0.4) is 0 Å². The molecule has 2 N–H and O–H groups in total. The molecule has 0 aliphatic carbocycles. The highest BCUT2D eigenvalue weighted by Crippen LogP contribution is 2.45. The van der Waals surface area contributed by atoms with Crippen molar-refractivity contribution in [2.24, 2.45) is 4.99 Å². The van der Waals surface area contributed by atoms with Crippen molar-refractivity contribution >= 4 is 40.6 Å². The van der Waals surface area contributed by atoms with E-state index in [2.05, 4.69) is 5.32 Å². The molecule has 2 atom stereocenters. The van der Waals surface area contributed by atoms with Gasteiger partial charge in [-0.05, 0) is 31.1 Å². The normalized spacial score (nSPS) is 22.4. The summed E-state index contributed by atoms with van der Waals surface area (Å²) < 4.78 is 21.3. The number of aliphatic imine (C=N–C) groups is 1. The number of pyridine rings is 1. The molecule has 1 amide bonds. The Kier molecular flexibility index (Phi) is 5.44. The van der Waals surface area contributed by atoms with E-state index < -0.39 is 23.4 Å². The number of carbonyl (C=O) groups excluding carboxylic acids is 2. The standard InChI is InChI=1S/C24H22FN3O5S/c1-10-16(25)7-17-20-13(18(27-12(3)29)9-34-22(10)20)4-5-28-19(11(2)26-17)6-14-15(23(28)31)8-33-24(32)21(14)30/h4,6-7,18,21,30H,5,8-9H2,1-3H3,(H,27,29)/b13-4+,26-11?. The molecule has 5 rings (SSSR count). The molecule has 3 aliphatic rings. The summed E-state index contributed by atoms with van der Waals surface area (Å²) in [6.07, 6.45) is 0.298. The first-order chi connectivity index (χ1) is 16.2. The number of aromatic nitrogens is 1. The summed E-state index contributed by atoms with van der Waals surface area (Å²) >= 11 is 1.46. The van der Waals surface area contributed by atoms with Crippen molar-refractivity contribution in [1.29, 1.82) is 0 Å². The van der Waals surface area contributed by atoms with Gasteiger partial charge in [-0.15, -0.1) is 11.8 Å². The Labute approximate surface area is 198 Å². The number of esters is 1. The quantitative estimate of drug-likeness (QED) is 0.604. The number of hydrogen-bond donors (Lipinski definition) is 2. The van der Waals surface area contributed by atoms with Crippen molar-refractivity contribution in [3.05, 3.63) is 62.3 Å². The number of rotatable bonds is 1. The number of amides is 1. The van der Waals surface area contributed by atoms with Gasteiger partial charge in [0.25, 0.3) is 5.56 Å². The molecular formula is C24H22FN3O5S. The average Bonchev–Trinajstić information content (AvgIpc) is 2.84. The lowest BCUT2D eigenvalue weighted by molar-refractivity contribution is -0.157. The summed E-state index contributed by atoms with van der Waals surface area (Å²) in [5, 5.41) is 13.3. The number of hydrogen-bond acceptors (Lipinski definition) is 7. The van der Waals surface area contributed by atoms with Gasteiger partial charge in [0.1, 0.15) is 12.4 Å². The maximum atomic E-state index is 14.8.